The molecule has 0 aliphatic rings. The van der Waals surface area contributed by atoms with Gasteiger partial charge in [-0.2, -0.15) is 5.26 Å². The van der Waals surface area contributed by atoms with E-state index in [0.717, 1.165) is 29.3 Å². The Morgan fingerprint density at radius 1 is 1.32 bits per heavy atom. The molecule has 0 spiro atoms. The fourth-order valence-electron chi connectivity index (χ4n) is 2.11. The number of aromatic nitrogens is 1. The van der Waals surface area contributed by atoms with Gasteiger partial charge in [-0.15, -0.1) is 0 Å². The van der Waals surface area contributed by atoms with Gasteiger partial charge in [0.15, 0.2) is 0 Å². The van der Waals surface area contributed by atoms with Gasteiger partial charge in [0.1, 0.15) is 17.4 Å². The Morgan fingerprint density at radius 2 is 2.05 bits per heavy atom. The Morgan fingerprint density at radius 3 is 2.68 bits per heavy atom. The van der Waals surface area contributed by atoms with Crippen LogP contribution in [0, 0.1) is 18.3 Å². The largest absolute Gasteiger partial charge is 0.488 e. The van der Waals surface area contributed by atoms with Crippen LogP contribution in [-0.2, 0) is 0 Å². The van der Waals surface area contributed by atoms with Crippen LogP contribution in [0.2, 0.25) is 0 Å². The lowest BCUT2D eigenvalue weighted by Gasteiger charge is -2.18. The minimum atomic E-state index is 0.137. The number of benzene rings is 1. The summed E-state index contributed by atoms with van der Waals surface area (Å²) in [6, 6.07) is 8.18. The van der Waals surface area contributed by atoms with Gasteiger partial charge in [-0.05, 0) is 31.9 Å². The van der Waals surface area contributed by atoms with Crippen LogP contribution in [0.3, 0.4) is 0 Å². The summed E-state index contributed by atoms with van der Waals surface area (Å²) in [6.45, 7) is 6.21. The van der Waals surface area contributed by atoms with Gasteiger partial charge in [0.25, 0.3) is 0 Å². The van der Waals surface area contributed by atoms with E-state index < -0.39 is 0 Å². The third kappa shape index (κ3) is 2.68. The van der Waals surface area contributed by atoms with E-state index in [1.807, 2.05) is 25.1 Å². The fourth-order valence-corrected chi connectivity index (χ4v) is 2.11. The van der Waals surface area contributed by atoms with Crippen molar-refractivity contribution in [2.75, 3.05) is 0 Å². The highest BCUT2D eigenvalue weighted by atomic mass is 16.5. The summed E-state index contributed by atoms with van der Waals surface area (Å²) in [5, 5.41) is 10.2. The van der Waals surface area contributed by atoms with E-state index in [4.69, 9.17) is 4.74 Å². The summed E-state index contributed by atoms with van der Waals surface area (Å²) in [6.07, 6.45) is 3.59. The lowest BCUT2D eigenvalue weighted by atomic mass is 10.1. The van der Waals surface area contributed by atoms with Gasteiger partial charge >= 0.3 is 0 Å². The first-order valence-electron chi connectivity index (χ1n) is 6.65. The first kappa shape index (κ1) is 13.4. The number of ether oxygens (including phenoxy) is 1. The van der Waals surface area contributed by atoms with Crippen molar-refractivity contribution in [2.45, 2.75) is 39.7 Å². The molecule has 2 aromatic rings. The van der Waals surface area contributed by atoms with E-state index in [2.05, 4.69) is 24.9 Å². The molecule has 0 saturated carbocycles. The van der Waals surface area contributed by atoms with E-state index >= 15 is 0 Å². The molecule has 98 valence electrons. The topological polar surface area (TPSA) is 45.9 Å². The standard InChI is InChI=1S/C16H18N2O/c1-4-13(5-2)19-16-12(9-17)10-18-15-7-6-11(3)8-14(15)16/h6-8,10,13H,4-5H2,1-3H3. The summed E-state index contributed by atoms with van der Waals surface area (Å²) in [7, 11) is 0. The van der Waals surface area contributed by atoms with Crippen molar-refractivity contribution in [3.8, 4) is 11.8 Å². The van der Waals surface area contributed by atoms with E-state index in [0.29, 0.717) is 11.3 Å². The maximum absolute atomic E-state index is 9.24. The zero-order valence-electron chi connectivity index (χ0n) is 11.6. The number of pyridine rings is 1. The third-order valence-corrected chi connectivity index (χ3v) is 3.29. The molecule has 0 unspecified atom stereocenters. The van der Waals surface area contributed by atoms with Gasteiger partial charge in [-0.3, -0.25) is 4.98 Å². The van der Waals surface area contributed by atoms with Gasteiger partial charge < -0.3 is 4.74 Å². The molecule has 0 amide bonds. The predicted octanol–water partition coefficient (Wildman–Crippen LogP) is 3.98. The molecule has 0 saturated heterocycles. The van der Waals surface area contributed by atoms with Gasteiger partial charge in [-0.25, -0.2) is 0 Å². The molecule has 3 heteroatoms. The van der Waals surface area contributed by atoms with Crippen molar-refractivity contribution >= 4 is 10.9 Å². The Bertz CT molecular complexity index is 624. The van der Waals surface area contributed by atoms with Crippen LogP contribution >= 0.6 is 0 Å². The lowest BCUT2D eigenvalue weighted by molar-refractivity contribution is 0.195. The molecule has 0 bridgehead atoms. The molecule has 0 aliphatic carbocycles. The first-order chi connectivity index (χ1) is 9.19. The van der Waals surface area contributed by atoms with Crippen LogP contribution < -0.4 is 4.74 Å². The number of aryl methyl sites for hydroxylation is 1. The molecule has 0 aliphatic heterocycles. The van der Waals surface area contributed by atoms with Gasteiger partial charge in [-0.1, -0.05) is 25.5 Å². The van der Waals surface area contributed by atoms with Crippen LogP contribution in [0.5, 0.6) is 5.75 Å². The smallest absolute Gasteiger partial charge is 0.148 e. The maximum Gasteiger partial charge on any atom is 0.148 e. The van der Waals surface area contributed by atoms with Crippen LogP contribution in [0.1, 0.15) is 37.8 Å². The molecule has 19 heavy (non-hydrogen) atoms. The van der Waals surface area contributed by atoms with E-state index in [-0.39, 0.29) is 6.10 Å². The van der Waals surface area contributed by atoms with Crippen molar-refractivity contribution in [3.63, 3.8) is 0 Å². The van der Waals surface area contributed by atoms with E-state index in [1.165, 1.54) is 0 Å². The maximum atomic E-state index is 9.24. The van der Waals surface area contributed by atoms with E-state index in [9.17, 15) is 5.26 Å². The summed E-state index contributed by atoms with van der Waals surface area (Å²) < 4.78 is 6.04. The number of nitrogens with zero attached hydrogens (tertiary/aromatic N) is 2. The second-order valence-electron chi connectivity index (χ2n) is 4.69. The Balaban J connectivity index is 2.60. The SMILES string of the molecule is CCC(CC)Oc1c(C#N)cnc2ccc(C)cc12. The molecule has 0 radical (unpaired) electrons. The van der Waals surface area contributed by atoms with Crippen molar-refractivity contribution in [3.05, 3.63) is 35.5 Å². The van der Waals surface area contributed by atoms with Crippen molar-refractivity contribution in [2.24, 2.45) is 0 Å². The number of nitriles is 1. The molecule has 1 aromatic carbocycles. The molecule has 1 aromatic heterocycles. The van der Waals surface area contributed by atoms with Crippen LogP contribution in [-0.4, -0.2) is 11.1 Å². The normalized spacial score (nSPS) is 10.7. The molecule has 0 fully saturated rings. The van der Waals surface area contributed by atoms with Gasteiger partial charge in [0.2, 0.25) is 0 Å². The first-order valence-corrected chi connectivity index (χ1v) is 6.65. The average molecular weight is 254 g/mol. The molecule has 1 heterocycles. The number of rotatable bonds is 4. The van der Waals surface area contributed by atoms with Crippen molar-refractivity contribution in [1.82, 2.24) is 4.98 Å². The zero-order valence-corrected chi connectivity index (χ0v) is 11.6. The minimum absolute atomic E-state index is 0.137. The minimum Gasteiger partial charge on any atom is -0.488 e. The summed E-state index contributed by atoms with van der Waals surface area (Å²) in [5.41, 5.74) is 2.51. The van der Waals surface area contributed by atoms with Crippen molar-refractivity contribution < 1.29 is 4.74 Å². The van der Waals surface area contributed by atoms with Gasteiger partial charge in [0, 0.05) is 11.6 Å². The average Bonchev–Trinajstić information content (AvgIpc) is 2.44. The molecular formula is C16H18N2O. The molecule has 2 rings (SSSR count). The lowest BCUT2D eigenvalue weighted by Crippen LogP contribution is -2.14. The summed E-state index contributed by atoms with van der Waals surface area (Å²) in [4.78, 5) is 4.31. The summed E-state index contributed by atoms with van der Waals surface area (Å²) in [5.74, 6) is 0.671. The number of hydrogen-bond donors (Lipinski definition) is 0. The highest BCUT2D eigenvalue weighted by molar-refractivity contribution is 5.87. The Labute approximate surface area is 113 Å². The molecular weight excluding hydrogens is 236 g/mol. The number of fused-ring (bicyclic) bond motifs is 1. The molecule has 3 nitrogen and oxygen atoms in total. The monoisotopic (exact) mass is 254 g/mol. The zero-order chi connectivity index (χ0) is 13.8. The Kier molecular flexibility index (Phi) is 4.01. The third-order valence-electron chi connectivity index (χ3n) is 3.29. The highest BCUT2D eigenvalue weighted by Crippen LogP contribution is 2.30. The quantitative estimate of drug-likeness (QED) is 0.829. The van der Waals surface area contributed by atoms with Gasteiger partial charge in [0.05, 0.1) is 11.6 Å². The second kappa shape index (κ2) is 5.71. The van der Waals surface area contributed by atoms with Crippen molar-refractivity contribution in [1.29, 1.82) is 5.26 Å². The number of hydrogen-bond acceptors (Lipinski definition) is 3. The van der Waals surface area contributed by atoms with Crippen LogP contribution in [0.15, 0.2) is 24.4 Å². The van der Waals surface area contributed by atoms with Crippen LogP contribution in [0.4, 0.5) is 0 Å². The highest BCUT2D eigenvalue weighted by Gasteiger charge is 2.14. The Hall–Kier alpha value is -2.08. The van der Waals surface area contributed by atoms with E-state index in [1.54, 1.807) is 6.20 Å². The molecule has 0 atom stereocenters. The van der Waals surface area contributed by atoms with Crippen LogP contribution in [0.25, 0.3) is 10.9 Å². The molecule has 0 N–H and O–H groups in total. The predicted molar refractivity (Wildman–Crippen MR) is 76.2 cm³/mol. The summed E-state index contributed by atoms with van der Waals surface area (Å²) >= 11 is 0. The second-order valence-corrected chi connectivity index (χ2v) is 4.69. The fraction of sp³-hybridized carbons (Fsp3) is 0.375.